The SMILES string of the molecule is O=NC(C(=O)F)(C(F)(F)F)C(F)(F)F. The van der Waals surface area contributed by atoms with Gasteiger partial charge < -0.3 is 0 Å². The van der Waals surface area contributed by atoms with Crippen molar-refractivity contribution in [2.45, 2.75) is 17.9 Å². The zero-order chi connectivity index (χ0) is 11.8. The fraction of sp³-hybridized carbons (Fsp3) is 0.750. The van der Waals surface area contributed by atoms with Gasteiger partial charge in [0.2, 0.25) is 0 Å². The molecule has 0 aliphatic heterocycles. The number of alkyl halides is 6. The van der Waals surface area contributed by atoms with Gasteiger partial charge in [-0.3, -0.25) is 4.79 Å². The second-order valence-corrected chi connectivity index (χ2v) is 2.07. The van der Waals surface area contributed by atoms with Crippen molar-refractivity contribution >= 4 is 6.04 Å². The van der Waals surface area contributed by atoms with Crippen molar-refractivity contribution in [1.82, 2.24) is 0 Å². The highest BCUT2D eigenvalue weighted by molar-refractivity contribution is 5.82. The highest BCUT2D eigenvalue weighted by atomic mass is 19.4. The normalized spacial score (nSPS) is 13.9. The molecule has 0 aliphatic carbocycles. The van der Waals surface area contributed by atoms with E-state index >= 15 is 0 Å². The maximum atomic E-state index is 11.6. The summed E-state index contributed by atoms with van der Waals surface area (Å²) in [5.74, 6) is 0. The molecule has 0 unspecified atom stereocenters. The van der Waals surface area contributed by atoms with Crippen molar-refractivity contribution in [3.63, 3.8) is 0 Å². The van der Waals surface area contributed by atoms with Crippen LogP contribution in [0.1, 0.15) is 0 Å². The zero-order valence-corrected chi connectivity index (χ0v) is 5.91. The maximum absolute atomic E-state index is 11.6. The summed E-state index contributed by atoms with van der Waals surface area (Å²) in [5.41, 5.74) is -5.82. The number of carbonyl (C=O) groups is 1. The summed E-state index contributed by atoms with van der Waals surface area (Å²) in [6.07, 6.45) is -12.9. The Morgan fingerprint density at radius 1 is 0.929 bits per heavy atom. The monoisotopic (exact) mass is 227 g/mol. The molecule has 0 N–H and O–H groups in total. The lowest BCUT2D eigenvalue weighted by molar-refractivity contribution is -0.287. The predicted molar refractivity (Wildman–Crippen MR) is 26.8 cm³/mol. The molecule has 0 fully saturated rings. The van der Waals surface area contributed by atoms with Crippen LogP contribution >= 0.6 is 0 Å². The molecule has 0 amide bonds. The van der Waals surface area contributed by atoms with Crippen LogP contribution in [0, 0.1) is 4.91 Å². The smallest absolute Gasteiger partial charge is 0.257 e. The number of hydrogen-bond acceptors (Lipinski definition) is 3. The van der Waals surface area contributed by atoms with E-state index in [1.54, 1.807) is 0 Å². The van der Waals surface area contributed by atoms with E-state index in [-0.39, 0.29) is 0 Å². The Balaban J connectivity index is 5.70. The molecule has 0 rings (SSSR count). The van der Waals surface area contributed by atoms with E-state index in [9.17, 15) is 40.4 Å². The minimum absolute atomic E-state index is 0.537. The Morgan fingerprint density at radius 3 is 1.21 bits per heavy atom. The average molecular weight is 227 g/mol. The summed E-state index contributed by atoms with van der Waals surface area (Å²) in [7, 11) is 0. The second-order valence-electron chi connectivity index (χ2n) is 2.07. The molecular weight excluding hydrogens is 227 g/mol. The number of rotatable bonds is 2. The van der Waals surface area contributed by atoms with Crippen LogP contribution in [0.4, 0.5) is 30.7 Å². The van der Waals surface area contributed by atoms with Gasteiger partial charge in [0.15, 0.2) is 0 Å². The summed E-state index contributed by atoms with van der Waals surface area (Å²) < 4.78 is 81.5. The number of carbonyl (C=O) groups excluding carboxylic acids is 1. The van der Waals surface area contributed by atoms with Gasteiger partial charge in [-0.15, -0.1) is 4.91 Å². The van der Waals surface area contributed by atoms with Crippen LogP contribution in [0.2, 0.25) is 0 Å². The van der Waals surface area contributed by atoms with Crippen molar-refractivity contribution in [2.24, 2.45) is 5.18 Å². The van der Waals surface area contributed by atoms with Crippen LogP contribution in [0.3, 0.4) is 0 Å². The van der Waals surface area contributed by atoms with Crippen LogP contribution in [-0.4, -0.2) is 23.9 Å². The Labute approximate surface area is 70.8 Å². The fourth-order valence-electron chi connectivity index (χ4n) is 0.523. The van der Waals surface area contributed by atoms with Gasteiger partial charge in [-0.2, -0.15) is 30.7 Å². The first-order valence-electron chi connectivity index (χ1n) is 2.68. The first-order valence-corrected chi connectivity index (χ1v) is 2.68. The molecule has 0 spiro atoms. The van der Waals surface area contributed by atoms with Crippen LogP contribution < -0.4 is 0 Å². The molecule has 0 atom stereocenters. The van der Waals surface area contributed by atoms with E-state index in [0.717, 1.165) is 0 Å². The molecule has 3 nitrogen and oxygen atoms in total. The topological polar surface area (TPSA) is 46.5 Å². The van der Waals surface area contributed by atoms with Gasteiger partial charge >= 0.3 is 23.9 Å². The van der Waals surface area contributed by atoms with Gasteiger partial charge in [-0.25, -0.2) is 0 Å². The Kier molecular flexibility index (Phi) is 2.89. The first-order chi connectivity index (χ1) is 6.00. The van der Waals surface area contributed by atoms with E-state index in [2.05, 4.69) is 0 Å². The van der Waals surface area contributed by atoms with Gasteiger partial charge in [-0.1, -0.05) is 0 Å². The highest BCUT2D eigenvalue weighted by Crippen LogP contribution is 2.46. The van der Waals surface area contributed by atoms with E-state index in [1.165, 1.54) is 0 Å². The lowest BCUT2D eigenvalue weighted by Crippen LogP contribution is -2.59. The Hall–Kier alpha value is -1.22. The summed E-state index contributed by atoms with van der Waals surface area (Å²) in [4.78, 5) is 19.0. The zero-order valence-electron chi connectivity index (χ0n) is 5.91. The molecule has 14 heavy (non-hydrogen) atoms. The molecule has 0 heterocycles. The minimum atomic E-state index is -6.46. The molecular formula is C4F7NO2. The summed E-state index contributed by atoms with van der Waals surface area (Å²) in [6.45, 7) is 0. The lowest BCUT2D eigenvalue weighted by atomic mass is 10.0. The third kappa shape index (κ3) is 1.55. The molecule has 0 aromatic heterocycles. The molecule has 10 heteroatoms. The van der Waals surface area contributed by atoms with Crippen LogP contribution in [0.5, 0.6) is 0 Å². The summed E-state index contributed by atoms with van der Waals surface area (Å²) >= 11 is 0. The molecule has 0 radical (unpaired) electrons. The number of hydrogen-bond donors (Lipinski definition) is 0. The Bertz CT molecular complexity index is 239. The van der Waals surface area contributed by atoms with Crippen LogP contribution in [0.25, 0.3) is 0 Å². The van der Waals surface area contributed by atoms with Crippen molar-refractivity contribution in [3.05, 3.63) is 4.91 Å². The summed E-state index contributed by atoms with van der Waals surface area (Å²) in [6, 6.07) is -3.91. The van der Waals surface area contributed by atoms with Crippen molar-refractivity contribution in [1.29, 1.82) is 0 Å². The third-order valence-electron chi connectivity index (χ3n) is 1.24. The summed E-state index contributed by atoms with van der Waals surface area (Å²) in [5, 5.41) is 0.537. The molecule has 0 aromatic carbocycles. The molecule has 0 aromatic rings. The lowest BCUT2D eigenvalue weighted by Gasteiger charge is -2.25. The van der Waals surface area contributed by atoms with E-state index in [4.69, 9.17) is 0 Å². The average Bonchev–Trinajstić information content (AvgIpc) is 1.80. The molecule has 0 saturated carbocycles. The van der Waals surface area contributed by atoms with Gasteiger partial charge in [0, 0.05) is 0 Å². The van der Waals surface area contributed by atoms with E-state index in [1.807, 2.05) is 0 Å². The Morgan fingerprint density at radius 2 is 1.21 bits per heavy atom. The molecule has 82 valence electrons. The molecule has 0 bridgehead atoms. The fourth-order valence-corrected chi connectivity index (χ4v) is 0.523. The van der Waals surface area contributed by atoms with Crippen molar-refractivity contribution < 1.29 is 35.5 Å². The highest BCUT2D eigenvalue weighted by Gasteiger charge is 2.79. The standard InChI is InChI=1S/C4F7NO2/c5-1(13)2(12-14,3(6,7)8)4(9,10)11. The number of nitroso groups, excluding NO2 is 1. The van der Waals surface area contributed by atoms with Crippen molar-refractivity contribution in [2.75, 3.05) is 0 Å². The van der Waals surface area contributed by atoms with Gasteiger partial charge in [-0.05, 0) is 5.18 Å². The van der Waals surface area contributed by atoms with Gasteiger partial charge in [0.05, 0.1) is 0 Å². The molecule has 0 saturated heterocycles. The van der Waals surface area contributed by atoms with Crippen LogP contribution in [-0.2, 0) is 4.79 Å². The third-order valence-corrected chi connectivity index (χ3v) is 1.24. The van der Waals surface area contributed by atoms with Crippen LogP contribution in [0.15, 0.2) is 5.18 Å². The maximum Gasteiger partial charge on any atom is 0.436 e. The quantitative estimate of drug-likeness (QED) is 0.412. The number of nitrogens with zero attached hydrogens (tertiary/aromatic N) is 1. The van der Waals surface area contributed by atoms with Gasteiger partial charge in [0.1, 0.15) is 0 Å². The van der Waals surface area contributed by atoms with Gasteiger partial charge in [0.25, 0.3) is 0 Å². The minimum Gasteiger partial charge on any atom is -0.257 e. The van der Waals surface area contributed by atoms with Crippen molar-refractivity contribution in [3.8, 4) is 0 Å². The number of halogens is 7. The second kappa shape index (κ2) is 3.17. The first kappa shape index (κ1) is 12.8. The van der Waals surface area contributed by atoms with E-state index in [0.29, 0.717) is 5.18 Å². The largest absolute Gasteiger partial charge is 0.436 e. The van der Waals surface area contributed by atoms with E-state index < -0.39 is 23.9 Å². The predicted octanol–water partition coefficient (Wildman–Crippen LogP) is 2.11. The molecule has 0 aliphatic rings.